The van der Waals surface area contributed by atoms with E-state index in [2.05, 4.69) is 0 Å². The first-order valence-corrected chi connectivity index (χ1v) is 6.99. The lowest BCUT2D eigenvalue weighted by Gasteiger charge is -2.28. The van der Waals surface area contributed by atoms with E-state index in [-0.39, 0.29) is 0 Å². The van der Waals surface area contributed by atoms with Crippen molar-refractivity contribution in [3.8, 4) is 0 Å². The number of aliphatic carboxylic acids is 1. The molecule has 0 fully saturated rings. The van der Waals surface area contributed by atoms with Crippen LogP contribution in [0.3, 0.4) is 0 Å². The number of rotatable bonds is 3. The van der Waals surface area contributed by atoms with Gasteiger partial charge in [0.15, 0.2) is 8.32 Å². The summed E-state index contributed by atoms with van der Waals surface area (Å²) in [7, 11) is -1.74. The average molecular weight is 176 g/mol. The molecule has 4 heteroatoms. The molecule has 0 unspecified atom stereocenters. The monoisotopic (exact) mass is 176 g/mol. The molecule has 0 saturated heterocycles. The summed E-state index contributed by atoms with van der Waals surface area (Å²) in [4.78, 5) is 10.6. The van der Waals surface area contributed by atoms with Gasteiger partial charge in [0, 0.05) is 0 Å². The van der Waals surface area contributed by atoms with Crippen LogP contribution < -0.4 is 0 Å². The molecule has 3 nitrogen and oxygen atoms in total. The fraction of sp³-hybridized carbons (Fsp3) is 0.857. The minimum absolute atomic E-state index is 0.903. The van der Waals surface area contributed by atoms with Gasteiger partial charge in [0.25, 0.3) is 0 Å². The second-order valence-corrected chi connectivity index (χ2v) is 8.46. The maximum Gasteiger partial charge on any atom is 0.334 e. The zero-order valence-electron chi connectivity index (χ0n) is 7.76. The largest absolute Gasteiger partial charge is 0.479 e. The van der Waals surface area contributed by atoms with Crippen LogP contribution >= 0.6 is 0 Å². The second kappa shape index (κ2) is 2.95. The Bertz CT molecular complexity index is 158. The van der Waals surface area contributed by atoms with E-state index in [1.165, 1.54) is 0 Å². The predicted molar refractivity (Wildman–Crippen MR) is 46.1 cm³/mol. The third-order valence-corrected chi connectivity index (χ3v) is 2.20. The van der Waals surface area contributed by atoms with Crippen LogP contribution in [0.25, 0.3) is 0 Å². The minimum Gasteiger partial charge on any atom is -0.479 e. The minimum atomic E-state index is -1.74. The SMILES string of the molecule is CC(C)(O[Si](C)(C)C)C(=O)O. The van der Waals surface area contributed by atoms with Gasteiger partial charge in [0.1, 0.15) is 5.60 Å². The first-order valence-electron chi connectivity index (χ1n) is 3.59. The van der Waals surface area contributed by atoms with Gasteiger partial charge < -0.3 is 9.53 Å². The molecule has 0 atom stereocenters. The van der Waals surface area contributed by atoms with Crippen molar-refractivity contribution < 1.29 is 14.3 Å². The molecule has 0 radical (unpaired) electrons. The van der Waals surface area contributed by atoms with Crippen LogP contribution in [0.2, 0.25) is 19.6 Å². The topological polar surface area (TPSA) is 46.5 Å². The molecule has 11 heavy (non-hydrogen) atoms. The molecular weight excluding hydrogens is 160 g/mol. The maximum absolute atomic E-state index is 10.6. The fourth-order valence-corrected chi connectivity index (χ4v) is 2.43. The van der Waals surface area contributed by atoms with E-state index in [0.29, 0.717) is 0 Å². The molecule has 0 spiro atoms. The summed E-state index contributed by atoms with van der Waals surface area (Å²) in [6.45, 7) is 9.06. The average Bonchev–Trinajstić information content (AvgIpc) is 1.56. The third kappa shape index (κ3) is 4.16. The van der Waals surface area contributed by atoms with Crippen LogP contribution in [0.15, 0.2) is 0 Å². The highest BCUT2D eigenvalue weighted by molar-refractivity contribution is 6.70. The van der Waals surface area contributed by atoms with Crippen molar-refractivity contribution in [2.75, 3.05) is 0 Å². The second-order valence-electron chi connectivity index (χ2n) is 4.03. The van der Waals surface area contributed by atoms with E-state index in [1.54, 1.807) is 13.8 Å². The van der Waals surface area contributed by atoms with Gasteiger partial charge in [-0.05, 0) is 33.5 Å². The lowest BCUT2D eigenvalue weighted by atomic mass is 10.1. The molecular formula is C7H16O3Si. The Hall–Kier alpha value is -0.353. The summed E-state index contributed by atoms with van der Waals surface area (Å²) in [5.74, 6) is -0.903. The Labute approximate surface area is 68.5 Å². The number of carboxylic acids is 1. The van der Waals surface area contributed by atoms with E-state index < -0.39 is 19.9 Å². The van der Waals surface area contributed by atoms with Gasteiger partial charge in [0.2, 0.25) is 0 Å². The summed E-state index contributed by atoms with van der Waals surface area (Å²) in [5, 5.41) is 8.70. The molecule has 0 aliphatic heterocycles. The standard InChI is InChI=1S/C7H16O3Si/c1-7(2,6(8)9)10-11(3,4)5/h1-5H3,(H,8,9). The molecule has 0 rings (SSSR count). The van der Waals surface area contributed by atoms with Crippen LogP contribution in [0.5, 0.6) is 0 Å². The lowest BCUT2D eigenvalue weighted by Crippen LogP contribution is -2.43. The van der Waals surface area contributed by atoms with Crippen molar-refractivity contribution in [2.45, 2.75) is 39.1 Å². The molecule has 0 aromatic heterocycles. The zero-order valence-corrected chi connectivity index (χ0v) is 8.76. The van der Waals surface area contributed by atoms with Crippen LogP contribution in [0.4, 0.5) is 0 Å². The van der Waals surface area contributed by atoms with E-state index in [9.17, 15) is 4.79 Å². The first-order chi connectivity index (χ1) is 4.65. The quantitative estimate of drug-likeness (QED) is 0.666. The predicted octanol–water partition coefficient (Wildman–Crippen LogP) is 1.70. The summed E-state index contributed by atoms with van der Waals surface area (Å²) in [6.07, 6.45) is 0. The van der Waals surface area contributed by atoms with Crippen LogP contribution in [0.1, 0.15) is 13.8 Å². The third-order valence-electron chi connectivity index (χ3n) is 1.08. The van der Waals surface area contributed by atoms with Gasteiger partial charge in [-0.1, -0.05) is 0 Å². The highest BCUT2D eigenvalue weighted by atomic mass is 28.4. The fourth-order valence-electron chi connectivity index (χ4n) is 0.809. The Morgan fingerprint density at radius 2 is 1.73 bits per heavy atom. The van der Waals surface area contributed by atoms with E-state index in [4.69, 9.17) is 9.53 Å². The number of hydrogen-bond acceptors (Lipinski definition) is 2. The van der Waals surface area contributed by atoms with E-state index >= 15 is 0 Å². The van der Waals surface area contributed by atoms with Crippen LogP contribution in [0, 0.1) is 0 Å². The van der Waals surface area contributed by atoms with Gasteiger partial charge in [-0.2, -0.15) is 0 Å². The molecule has 0 aromatic rings. The van der Waals surface area contributed by atoms with E-state index in [1.807, 2.05) is 19.6 Å². The van der Waals surface area contributed by atoms with Crippen molar-refractivity contribution in [1.29, 1.82) is 0 Å². The molecule has 0 aromatic carbocycles. The molecule has 0 heterocycles. The molecule has 0 aliphatic carbocycles. The van der Waals surface area contributed by atoms with Crippen LogP contribution in [-0.4, -0.2) is 25.0 Å². The number of carbonyl (C=O) groups is 1. The smallest absolute Gasteiger partial charge is 0.334 e. The Morgan fingerprint density at radius 1 is 1.36 bits per heavy atom. The van der Waals surface area contributed by atoms with Crippen molar-refractivity contribution >= 4 is 14.3 Å². The highest BCUT2D eigenvalue weighted by Gasteiger charge is 2.33. The van der Waals surface area contributed by atoms with Gasteiger partial charge in [-0.25, -0.2) is 4.79 Å². The highest BCUT2D eigenvalue weighted by Crippen LogP contribution is 2.16. The lowest BCUT2D eigenvalue weighted by molar-refractivity contribution is -0.152. The summed E-state index contributed by atoms with van der Waals surface area (Å²) >= 11 is 0. The Morgan fingerprint density at radius 3 is 1.82 bits per heavy atom. The first kappa shape index (κ1) is 10.6. The molecule has 66 valence electrons. The van der Waals surface area contributed by atoms with Crippen molar-refractivity contribution in [3.05, 3.63) is 0 Å². The number of hydrogen-bond donors (Lipinski definition) is 1. The Balaban J connectivity index is 4.25. The van der Waals surface area contributed by atoms with Gasteiger partial charge >= 0.3 is 5.97 Å². The molecule has 0 amide bonds. The van der Waals surface area contributed by atoms with Crippen molar-refractivity contribution in [3.63, 3.8) is 0 Å². The Kier molecular flexibility index (Phi) is 2.85. The number of carboxylic acid groups (broad SMARTS) is 1. The summed E-state index contributed by atoms with van der Waals surface area (Å²) in [5.41, 5.74) is -1.04. The van der Waals surface area contributed by atoms with E-state index in [0.717, 1.165) is 0 Å². The van der Waals surface area contributed by atoms with Crippen LogP contribution in [-0.2, 0) is 9.22 Å². The van der Waals surface area contributed by atoms with Gasteiger partial charge in [-0.15, -0.1) is 0 Å². The van der Waals surface area contributed by atoms with Crippen molar-refractivity contribution in [1.82, 2.24) is 0 Å². The molecule has 0 aliphatic rings. The molecule has 1 N–H and O–H groups in total. The summed E-state index contributed by atoms with van der Waals surface area (Å²) in [6, 6.07) is 0. The molecule has 0 saturated carbocycles. The van der Waals surface area contributed by atoms with Gasteiger partial charge in [-0.3, -0.25) is 0 Å². The molecule has 0 bridgehead atoms. The normalized spacial score (nSPS) is 13.2. The van der Waals surface area contributed by atoms with Crippen molar-refractivity contribution in [2.24, 2.45) is 0 Å². The summed E-state index contributed by atoms with van der Waals surface area (Å²) < 4.78 is 5.43. The van der Waals surface area contributed by atoms with Gasteiger partial charge in [0.05, 0.1) is 0 Å². The zero-order chi connectivity index (χ0) is 9.28. The maximum atomic E-state index is 10.6.